The van der Waals surface area contributed by atoms with Crippen LogP contribution in [0.15, 0.2) is 29.4 Å². The summed E-state index contributed by atoms with van der Waals surface area (Å²) in [6, 6.07) is 5.67. The molecule has 7 heteroatoms. The number of rotatable bonds is 7. The lowest BCUT2D eigenvalue weighted by Crippen LogP contribution is -2.18. The summed E-state index contributed by atoms with van der Waals surface area (Å²) >= 11 is 1.52. The van der Waals surface area contributed by atoms with Crippen molar-refractivity contribution < 1.29 is 9.18 Å². The number of carbonyl (C=O) groups excluding carboxylic acids is 1. The number of benzene rings is 1. The molecule has 25 heavy (non-hydrogen) atoms. The Morgan fingerprint density at radius 1 is 1.20 bits per heavy atom. The van der Waals surface area contributed by atoms with Crippen LogP contribution in [0.25, 0.3) is 0 Å². The lowest BCUT2D eigenvalue weighted by molar-refractivity contribution is 0.0982. The van der Waals surface area contributed by atoms with E-state index in [2.05, 4.69) is 10.2 Å². The number of Topliss-reactive ketones (excluding diaryl/α,β-unsaturated/α-hetero) is 1. The molecule has 1 aliphatic rings. The molecule has 0 unspecified atom stereocenters. The molecule has 0 atom stereocenters. The number of hydrogen-bond donors (Lipinski definition) is 1. The van der Waals surface area contributed by atoms with E-state index in [-0.39, 0.29) is 11.6 Å². The molecule has 0 radical (unpaired) electrons. The summed E-state index contributed by atoms with van der Waals surface area (Å²) in [7, 11) is 0. The number of thioether (sulfide) groups is 1. The first-order valence-electron chi connectivity index (χ1n) is 8.77. The first-order valence-corrected chi connectivity index (χ1v) is 9.75. The molecule has 0 amide bonds. The molecule has 2 N–H and O–H groups in total. The molecule has 0 bridgehead atoms. The van der Waals surface area contributed by atoms with E-state index in [1.807, 2.05) is 0 Å². The van der Waals surface area contributed by atoms with Gasteiger partial charge in [-0.05, 0) is 43.5 Å². The van der Waals surface area contributed by atoms with Gasteiger partial charge in [0.15, 0.2) is 11.6 Å². The number of carbonyl (C=O) groups is 1. The van der Waals surface area contributed by atoms with E-state index in [0.29, 0.717) is 29.5 Å². The van der Waals surface area contributed by atoms with E-state index < -0.39 is 0 Å². The third-order valence-electron chi connectivity index (χ3n) is 4.61. The SMILES string of the molecule is Nn1c(SCCCC(=O)c2ccc(F)cc2)nnc1C1CCCCC1. The summed E-state index contributed by atoms with van der Waals surface area (Å²) in [5, 5.41) is 9.18. The minimum absolute atomic E-state index is 0.0257. The Morgan fingerprint density at radius 3 is 2.64 bits per heavy atom. The maximum absolute atomic E-state index is 12.9. The molecule has 3 rings (SSSR count). The van der Waals surface area contributed by atoms with Crippen LogP contribution < -0.4 is 5.84 Å². The highest BCUT2D eigenvalue weighted by Crippen LogP contribution is 2.32. The van der Waals surface area contributed by atoms with Crippen molar-refractivity contribution in [2.45, 2.75) is 56.0 Å². The van der Waals surface area contributed by atoms with Gasteiger partial charge in [0.2, 0.25) is 5.16 Å². The molecule has 1 aliphatic carbocycles. The number of ketones is 1. The zero-order valence-electron chi connectivity index (χ0n) is 14.2. The van der Waals surface area contributed by atoms with Crippen LogP contribution in [0.1, 0.15) is 67.0 Å². The van der Waals surface area contributed by atoms with Crippen LogP contribution in [0.2, 0.25) is 0 Å². The number of nitrogens with zero attached hydrogens (tertiary/aromatic N) is 3. The molecule has 2 aromatic rings. The van der Waals surface area contributed by atoms with Crippen molar-refractivity contribution in [3.05, 3.63) is 41.5 Å². The Balaban J connectivity index is 1.46. The predicted octanol–water partition coefficient (Wildman–Crippen LogP) is 3.93. The second-order valence-electron chi connectivity index (χ2n) is 6.43. The Morgan fingerprint density at radius 2 is 1.92 bits per heavy atom. The largest absolute Gasteiger partial charge is 0.336 e. The van der Waals surface area contributed by atoms with Gasteiger partial charge < -0.3 is 5.84 Å². The highest BCUT2D eigenvalue weighted by Gasteiger charge is 2.22. The van der Waals surface area contributed by atoms with Gasteiger partial charge in [0, 0.05) is 23.7 Å². The smallest absolute Gasteiger partial charge is 0.209 e. The Bertz CT molecular complexity index is 710. The van der Waals surface area contributed by atoms with Gasteiger partial charge in [0.05, 0.1) is 0 Å². The topological polar surface area (TPSA) is 73.8 Å². The maximum atomic E-state index is 12.9. The van der Waals surface area contributed by atoms with Gasteiger partial charge in [-0.25, -0.2) is 9.07 Å². The van der Waals surface area contributed by atoms with E-state index in [1.165, 1.54) is 55.3 Å². The van der Waals surface area contributed by atoms with Crippen LogP contribution in [0, 0.1) is 5.82 Å². The number of hydrogen-bond acceptors (Lipinski definition) is 5. The first-order chi connectivity index (χ1) is 12.1. The number of nitrogen functional groups attached to an aromatic ring is 1. The molecule has 134 valence electrons. The van der Waals surface area contributed by atoms with E-state index in [0.717, 1.165) is 24.4 Å². The molecule has 0 spiro atoms. The summed E-state index contributed by atoms with van der Waals surface area (Å²) in [5.41, 5.74) is 0.549. The normalized spacial score (nSPS) is 15.4. The number of aromatic nitrogens is 3. The monoisotopic (exact) mass is 362 g/mol. The first kappa shape index (κ1) is 17.9. The second-order valence-corrected chi connectivity index (χ2v) is 7.49. The summed E-state index contributed by atoms with van der Waals surface area (Å²) in [6.07, 6.45) is 7.15. The lowest BCUT2D eigenvalue weighted by Gasteiger charge is -2.20. The van der Waals surface area contributed by atoms with Crippen LogP contribution in [-0.4, -0.2) is 26.4 Å². The third kappa shape index (κ3) is 4.60. The fraction of sp³-hybridized carbons (Fsp3) is 0.500. The summed E-state index contributed by atoms with van der Waals surface area (Å²) < 4.78 is 14.5. The quantitative estimate of drug-likeness (QED) is 0.350. The number of nitrogens with two attached hydrogens (primary N) is 1. The molecule has 1 fully saturated rings. The fourth-order valence-corrected chi connectivity index (χ4v) is 4.00. The van der Waals surface area contributed by atoms with Crippen molar-refractivity contribution in [3.8, 4) is 0 Å². The molecule has 1 aromatic carbocycles. The molecule has 1 aromatic heterocycles. The zero-order valence-corrected chi connectivity index (χ0v) is 15.0. The number of halogens is 1. The van der Waals surface area contributed by atoms with Crippen LogP contribution in [0.3, 0.4) is 0 Å². The van der Waals surface area contributed by atoms with Crippen molar-refractivity contribution in [1.29, 1.82) is 0 Å². The van der Waals surface area contributed by atoms with Gasteiger partial charge in [-0.2, -0.15) is 0 Å². The molecular weight excluding hydrogens is 339 g/mol. The summed E-state index contributed by atoms with van der Waals surface area (Å²) in [4.78, 5) is 12.1. The van der Waals surface area contributed by atoms with Gasteiger partial charge in [-0.15, -0.1) is 10.2 Å². The third-order valence-corrected chi connectivity index (χ3v) is 5.64. The average molecular weight is 362 g/mol. The van der Waals surface area contributed by atoms with Crippen LogP contribution in [0.4, 0.5) is 4.39 Å². The average Bonchev–Trinajstić information content (AvgIpc) is 3.00. The summed E-state index contributed by atoms with van der Waals surface area (Å²) in [5.74, 6) is 7.88. The van der Waals surface area contributed by atoms with Gasteiger partial charge in [-0.1, -0.05) is 31.0 Å². The molecule has 0 aliphatic heterocycles. The molecule has 1 heterocycles. The van der Waals surface area contributed by atoms with Gasteiger partial charge in [0.1, 0.15) is 5.82 Å². The van der Waals surface area contributed by atoms with Crippen LogP contribution in [0.5, 0.6) is 0 Å². The molecular formula is C18H23FN4OS. The van der Waals surface area contributed by atoms with E-state index >= 15 is 0 Å². The Hall–Kier alpha value is -1.89. The van der Waals surface area contributed by atoms with Crippen LogP contribution in [-0.2, 0) is 0 Å². The molecule has 0 saturated heterocycles. The fourth-order valence-electron chi connectivity index (χ4n) is 3.20. The zero-order chi connectivity index (χ0) is 17.6. The molecule has 5 nitrogen and oxygen atoms in total. The van der Waals surface area contributed by atoms with E-state index in [9.17, 15) is 9.18 Å². The van der Waals surface area contributed by atoms with Crippen molar-refractivity contribution in [3.63, 3.8) is 0 Å². The lowest BCUT2D eigenvalue weighted by atomic mass is 9.89. The Kier molecular flexibility index (Phi) is 6.07. The van der Waals surface area contributed by atoms with Gasteiger partial charge >= 0.3 is 0 Å². The van der Waals surface area contributed by atoms with Gasteiger partial charge in [0.25, 0.3) is 0 Å². The second kappa shape index (κ2) is 8.47. The standard InChI is InChI=1S/C18H23FN4OS/c19-15-10-8-13(9-11-15)16(24)7-4-12-25-18-22-21-17(23(18)20)14-5-2-1-3-6-14/h8-11,14H,1-7,12,20H2. The summed E-state index contributed by atoms with van der Waals surface area (Å²) in [6.45, 7) is 0. The van der Waals surface area contributed by atoms with E-state index in [4.69, 9.17) is 5.84 Å². The minimum Gasteiger partial charge on any atom is -0.336 e. The van der Waals surface area contributed by atoms with Crippen molar-refractivity contribution in [1.82, 2.24) is 14.9 Å². The highest BCUT2D eigenvalue weighted by molar-refractivity contribution is 7.99. The predicted molar refractivity (Wildman–Crippen MR) is 96.7 cm³/mol. The van der Waals surface area contributed by atoms with Crippen LogP contribution >= 0.6 is 11.8 Å². The van der Waals surface area contributed by atoms with E-state index in [1.54, 1.807) is 4.68 Å². The maximum Gasteiger partial charge on any atom is 0.209 e. The van der Waals surface area contributed by atoms with Crippen molar-refractivity contribution in [2.75, 3.05) is 11.6 Å². The Labute approximate surface area is 151 Å². The van der Waals surface area contributed by atoms with Crippen molar-refractivity contribution >= 4 is 17.5 Å². The highest BCUT2D eigenvalue weighted by atomic mass is 32.2. The molecule has 1 saturated carbocycles. The van der Waals surface area contributed by atoms with Crippen molar-refractivity contribution in [2.24, 2.45) is 0 Å². The minimum atomic E-state index is -0.330. The van der Waals surface area contributed by atoms with Gasteiger partial charge in [-0.3, -0.25) is 4.79 Å².